The van der Waals surface area contributed by atoms with E-state index in [1.807, 2.05) is 0 Å². The summed E-state index contributed by atoms with van der Waals surface area (Å²) in [6, 6.07) is -0.586. The van der Waals surface area contributed by atoms with Gasteiger partial charge in [0.05, 0.1) is 11.1 Å². The zero-order valence-corrected chi connectivity index (χ0v) is 13.0. The van der Waals surface area contributed by atoms with Crippen LogP contribution >= 0.6 is 35.0 Å². The van der Waals surface area contributed by atoms with Crippen LogP contribution in [-0.2, 0) is 9.59 Å². The van der Waals surface area contributed by atoms with Crippen molar-refractivity contribution < 1.29 is 14.4 Å². The van der Waals surface area contributed by atoms with Gasteiger partial charge < -0.3 is 5.32 Å². The molecule has 4 amide bonds. The van der Waals surface area contributed by atoms with E-state index in [0.29, 0.717) is 11.5 Å². The molecule has 2 aliphatic heterocycles. The molecule has 1 N–H and O–H groups in total. The Hall–Kier alpha value is -1.18. The highest BCUT2D eigenvalue weighted by Crippen LogP contribution is 2.39. The van der Waals surface area contributed by atoms with E-state index in [4.69, 9.17) is 23.2 Å². The molecule has 2 fully saturated rings. The van der Waals surface area contributed by atoms with Crippen molar-refractivity contribution in [1.82, 2.24) is 15.3 Å². The molecule has 0 aromatic rings. The number of nitrogens with zero attached hydrogens (tertiary/aromatic N) is 2. The van der Waals surface area contributed by atoms with E-state index in [9.17, 15) is 14.4 Å². The van der Waals surface area contributed by atoms with Gasteiger partial charge >= 0.3 is 6.03 Å². The number of halogens is 2. The lowest BCUT2D eigenvalue weighted by Gasteiger charge is -2.33. The topological polar surface area (TPSA) is 69.7 Å². The maximum absolute atomic E-state index is 12.1. The number of imide groups is 1. The normalized spacial score (nSPS) is 29.7. The molecule has 2 unspecified atom stereocenters. The van der Waals surface area contributed by atoms with Gasteiger partial charge in [-0.1, -0.05) is 17.7 Å². The number of nitrogens with one attached hydrogen (secondary N) is 1. The first kappa shape index (κ1) is 14.7. The number of hydrogen-bond donors (Lipinski definition) is 1. The number of urea groups is 1. The lowest BCUT2D eigenvalue weighted by atomic mass is 10.0. The highest BCUT2D eigenvalue weighted by Gasteiger charge is 2.46. The highest BCUT2D eigenvalue weighted by molar-refractivity contribution is 8.01. The molecule has 9 heteroatoms. The number of alkyl halides is 1. The molecule has 0 spiro atoms. The molecule has 0 aromatic carbocycles. The minimum Gasteiger partial charge on any atom is -0.327 e. The minimum absolute atomic E-state index is 0.102. The first-order valence-corrected chi connectivity index (χ1v) is 8.10. The molecule has 0 aromatic heterocycles. The fourth-order valence-corrected chi connectivity index (χ4v) is 4.34. The Morgan fingerprint density at radius 1 is 1.24 bits per heavy atom. The lowest BCUT2D eigenvalue weighted by molar-refractivity contribution is -0.151. The number of carbonyl (C=O) groups is 3. The third-order valence-electron chi connectivity index (χ3n) is 3.35. The van der Waals surface area contributed by atoms with Gasteiger partial charge in [-0.3, -0.25) is 9.59 Å². The number of hydrogen-bond acceptors (Lipinski definition) is 4. The Kier molecular flexibility index (Phi) is 3.90. The zero-order chi connectivity index (χ0) is 15.1. The first-order chi connectivity index (χ1) is 9.99. The molecule has 2 saturated heterocycles. The molecule has 1 aliphatic carbocycles. The van der Waals surface area contributed by atoms with Crippen LogP contribution in [0.25, 0.3) is 0 Å². The number of carbonyl (C=O) groups excluding carboxylic acids is 3. The Bertz CT molecular complexity index is 576. The van der Waals surface area contributed by atoms with E-state index in [0.717, 1.165) is 10.6 Å². The molecule has 3 aliphatic rings. The maximum Gasteiger partial charge on any atom is 0.344 e. The maximum atomic E-state index is 12.1. The molecule has 2 heterocycles. The number of thioether (sulfide) groups is 1. The van der Waals surface area contributed by atoms with Gasteiger partial charge in [-0.25, -0.2) is 9.80 Å². The fraction of sp³-hybridized carbons (Fsp3) is 0.417. The van der Waals surface area contributed by atoms with Gasteiger partial charge in [0.1, 0.15) is 11.9 Å². The van der Waals surface area contributed by atoms with Crippen LogP contribution in [0.3, 0.4) is 0 Å². The summed E-state index contributed by atoms with van der Waals surface area (Å²) in [7, 11) is 0. The van der Waals surface area contributed by atoms with Gasteiger partial charge in [0.25, 0.3) is 11.8 Å². The molecule has 21 heavy (non-hydrogen) atoms. The highest BCUT2D eigenvalue weighted by atomic mass is 35.5. The monoisotopic (exact) mass is 347 g/mol. The van der Waals surface area contributed by atoms with E-state index >= 15 is 0 Å². The zero-order valence-electron chi connectivity index (χ0n) is 10.7. The van der Waals surface area contributed by atoms with E-state index in [1.54, 1.807) is 12.2 Å². The number of rotatable bonds is 2. The summed E-state index contributed by atoms with van der Waals surface area (Å²) >= 11 is 13.6. The molecule has 0 bridgehead atoms. The van der Waals surface area contributed by atoms with Crippen LogP contribution < -0.4 is 5.32 Å². The van der Waals surface area contributed by atoms with Crippen molar-refractivity contribution in [3.05, 3.63) is 22.8 Å². The average Bonchev–Trinajstić information content (AvgIpc) is 2.94. The van der Waals surface area contributed by atoms with Crippen LogP contribution in [0.1, 0.15) is 6.42 Å². The Morgan fingerprint density at radius 3 is 2.62 bits per heavy atom. The second-order valence-electron chi connectivity index (χ2n) is 4.72. The summed E-state index contributed by atoms with van der Waals surface area (Å²) in [5.74, 6) is -0.544. The SMILES string of the molecule is O=C1CNC(=O)N1N1C(=O)CSC1C1=CC=C(Cl)CC1Cl. The van der Waals surface area contributed by atoms with Gasteiger partial charge in [-0.2, -0.15) is 5.01 Å². The van der Waals surface area contributed by atoms with E-state index in [1.165, 1.54) is 16.8 Å². The summed E-state index contributed by atoms with van der Waals surface area (Å²) in [4.78, 5) is 35.7. The number of hydrazine groups is 1. The number of amides is 4. The largest absolute Gasteiger partial charge is 0.344 e. The summed E-state index contributed by atoms with van der Waals surface area (Å²) in [6.45, 7) is -0.102. The van der Waals surface area contributed by atoms with Crippen molar-refractivity contribution in [2.24, 2.45) is 0 Å². The van der Waals surface area contributed by atoms with Crippen molar-refractivity contribution >= 4 is 52.8 Å². The van der Waals surface area contributed by atoms with Gasteiger partial charge in [0.2, 0.25) is 0 Å². The molecule has 112 valence electrons. The van der Waals surface area contributed by atoms with E-state index < -0.39 is 17.3 Å². The molecular formula is C12H11Cl2N3O3S. The van der Waals surface area contributed by atoms with Crippen molar-refractivity contribution in [3.63, 3.8) is 0 Å². The molecule has 0 saturated carbocycles. The smallest absolute Gasteiger partial charge is 0.327 e. The van der Waals surface area contributed by atoms with Gasteiger partial charge in [0.15, 0.2) is 0 Å². The number of allylic oxidation sites excluding steroid dienone is 3. The molecule has 2 atom stereocenters. The van der Waals surface area contributed by atoms with Crippen molar-refractivity contribution in [3.8, 4) is 0 Å². The average molecular weight is 348 g/mol. The van der Waals surface area contributed by atoms with Crippen LogP contribution in [0.4, 0.5) is 4.79 Å². The van der Waals surface area contributed by atoms with Crippen LogP contribution in [0.2, 0.25) is 0 Å². The van der Waals surface area contributed by atoms with Gasteiger partial charge in [-0.05, 0) is 11.6 Å². The molecule has 3 rings (SSSR count). The van der Waals surface area contributed by atoms with Crippen LogP contribution in [0.15, 0.2) is 22.8 Å². The molecular weight excluding hydrogens is 337 g/mol. The van der Waals surface area contributed by atoms with Gasteiger partial charge in [-0.15, -0.1) is 23.4 Å². The van der Waals surface area contributed by atoms with Crippen LogP contribution in [0, 0.1) is 0 Å². The summed E-state index contributed by atoms with van der Waals surface area (Å²) in [5, 5.41) is 4.28. The minimum atomic E-state index is -0.586. The Balaban J connectivity index is 1.93. The molecule has 6 nitrogen and oxygen atoms in total. The van der Waals surface area contributed by atoms with Crippen LogP contribution in [-0.4, -0.2) is 50.9 Å². The Morgan fingerprint density at radius 2 is 2.00 bits per heavy atom. The van der Waals surface area contributed by atoms with Gasteiger partial charge in [0, 0.05) is 11.5 Å². The first-order valence-electron chi connectivity index (χ1n) is 6.23. The standard InChI is InChI=1S/C12H11Cl2N3O3S/c13-6-1-2-7(8(14)3-6)11-16(10(19)5-21-11)17-9(18)4-15-12(17)20/h1-2,8,11H,3-5H2,(H,15,20). The second kappa shape index (κ2) is 5.55. The Labute approximate surface area is 135 Å². The third kappa shape index (κ3) is 2.54. The summed E-state index contributed by atoms with van der Waals surface area (Å²) < 4.78 is 0. The third-order valence-corrected chi connectivity index (χ3v) is 5.24. The summed E-state index contributed by atoms with van der Waals surface area (Å²) in [5.41, 5.74) is 0.768. The quantitative estimate of drug-likeness (QED) is 0.605. The van der Waals surface area contributed by atoms with Crippen molar-refractivity contribution in [2.45, 2.75) is 17.2 Å². The van der Waals surface area contributed by atoms with Crippen molar-refractivity contribution in [2.75, 3.05) is 12.3 Å². The van der Waals surface area contributed by atoms with E-state index in [-0.39, 0.29) is 23.6 Å². The van der Waals surface area contributed by atoms with Crippen molar-refractivity contribution in [1.29, 1.82) is 0 Å². The van der Waals surface area contributed by atoms with Crippen LogP contribution in [0.5, 0.6) is 0 Å². The fourth-order valence-electron chi connectivity index (χ4n) is 2.39. The second-order valence-corrected chi connectivity index (χ2v) is 6.80. The van der Waals surface area contributed by atoms with E-state index in [2.05, 4.69) is 5.32 Å². The predicted octanol–water partition coefficient (Wildman–Crippen LogP) is 1.41. The molecule has 0 radical (unpaired) electrons. The predicted molar refractivity (Wildman–Crippen MR) is 79.6 cm³/mol. The summed E-state index contributed by atoms with van der Waals surface area (Å²) in [6.07, 6.45) is 3.95. The lowest BCUT2D eigenvalue weighted by Crippen LogP contribution is -2.52.